The highest BCUT2D eigenvalue weighted by molar-refractivity contribution is 7.86. The number of fused-ring (bicyclic) bond motifs is 2. The number of nitrogens with one attached hydrogen (secondary N) is 2. The summed E-state index contributed by atoms with van der Waals surface area (Å²) in [6.07, 6.45) is 0. The largest absolute Gasteiger partial charge is 0.354 e. The fourth-order valence-electron chi connectivity index (χ4n) is 5.95. The molecule has 0 aliphatic heterocycles. The van der Waals surface area contributed by atoms with Crippen LogP contribution in [0.3, 0.4) is 0 Å². The highest BCUT2D eigenvalue weighted by atomic mass is 32.2. The zero-order valence-electron chi connectivity index (χ0n) is 24.1. The third-order valence-corrected chi connectivity index (χ3v) is 9.25. The van der Waals surface area contributed by atoms with Gasteiger partial charge < -0.3 is 10.6 Å². The van der Waals surface area contributed by atoms with Crippen LogP contribution in [0.1, 0.15) is 70.8 Å². The van der Waals surface area contributed by atoms with Gasteiger partial charge in [-0.05, 0) is 99.5 Å². The number of aryl methyl sites for hydroxylation is 4. The average molecular weight is 569 g/mol. The molecule has 0 saturated carbocycles. The summed E-state index contributed by atoms with van der Waals surface area (Å²) in [6.45, 7) is 13.2. The summed E-state index contributed by atoms with van der Waals surface area (Å²) in [5, 5.41) is 6.67. The topological polar surface area (TPSA) is 113 Å². The second kappa shape index (κ2) is 9.98. The summed E-state index contributed by atoms with van der Waals surface area (Å²) in [5.41, 5.74) is 9.19. The van der Waals surface area contributed by atoms with E-state index in [0.29, 0.717) is 33.8 Å². The first-order valence-electron chi connectivity index (χ1n) is 13.3. The van der Waals surface area contributed by atoms with Crippen molar-refractivity contribution in [3.8, 4) is 0 Å². The van der Waals surface area contributed by atoms with E-state index in [1.165, 1.54) is 5.56 Å². The van der Waals surface area contributed by atoms with E-state index in [9.17, 15) is 22.6 Å². The SMILES string of the molecule is Cc1cc(C)c(Nc2cccc3c2C(=O)c2c(Nc4c(C)cc(C)c(S(=O)(=O)O)c4C)cccc2C3=O)c(C)c1C. The van der Waals surface area contributed by atoms with E-state index < -0.39 is 10.1 Å². The Bertz CT molecular complexity index is 1920. The van der Waals surface area contributed by atoms with E-state index in [-0.39, 0.29) is 33.2 Å². The van der Waals surface area contributed by atoms with Gasteiger partial charge in [0, 0.05) is 22.5 Å². The maximum absolute atomic E-state index is 14.2. The van der Waals surface area contributed by atoms with Crippen LogP contribution >= 0.6 is 0 Å². The predicted octanol–water partition coefficient (Wildman–Crippen LogP) is 7.35. The monoisotopic (exact) mass is 568 g/mol. The van der Waals surface area contributed by atoms with Crippen molar-refractivity contribution in [2.75, 3.05) is 10.6 Å². The van der Waals surface area contributed by atoms with Crippen LogP contribution in [0.2, 0.25) is 0 Å². The van der Waals surface area contributed by atoms with Gasteiger partial charge in [0.25, 0.3) is 10.1 Å². The lowest BCUT2D eigenvalue weighted by Gasteiger charge is -2.25. The lowest BCUT2D eigenvalue weighted by atomic mass is 9.82. The second-order valence-corrected chi connectivity index (χ2v) is 12.2. The minimum atomic E-state index is -4.49. The molecule has 8 heteroatoms. The standard InChI is InChI=1S/C33H32N2O5S/c1-16-14-17(2)29(21(6)20(16)5)34-25-12-8-10-23-27(25)32(37)28-24(31(23)36)11-9-13-26(28)35-30-18(3)15-19(4)33(22(30)7)41(38,39)40/h8-15,34-35H,1-7H3,(H,38,39,40). The summed E-state index contributed by atoms with van der Waals surface area (Å²) in [7, 11) is -4.49. The fourth-order valence-corrected chi connectivity index (χ4v) is 6.91. The third kappa shape index (κ3) is 4.63. The van der Waals surface area contributed by atoms with Crippen LogP contribution < -0.4 is 10.6 Å². The fraction of sp³-hybridized carbons (Fsp3) is 0.212. The Morgan fingerprint density at radius 1 is 0.585 bits per heavy atom. The molecule has 3 N–H and O–H groups in total. The molecule has 1 aliphatic carbocycles. The van der Waals surface area contributed by atoms with Crippen LogP contribution in [0.15, 0.2) is 53.4 Å². The molecular weight excluding hydrogens is 536 g/mol. The molecule has 4 aromatic carbocycles. The molecule has 4 aromatic rings. The molecule has 0 fully saturated rings. The van der Waals surface area contributed by atoms with Crippen LogP contribution in [-0.2, 0) is 10.1 Å². The molecular formula is C33H32N2O5S. The molecule has 5 rings (SSSR count). The number of carbonyl (C=O) groups excluding carboxylic acids is 2. The molecule has 0 spiro atoms. The molecule has 0 aromatic heterocycles. The molecule has 0 heterocycles. The van der Waals surface area contributed by atoms with Crippen molar-refractivity contribution in [2.45, 2.75) is 53.4 Å². The van der Waals surface area contributed by atoms with Gasteiger partial charge in [-0.15, -0.1) is 0 Å². The zero-order chi connectivity index (χ0) is 30.0. The molecule has 41 heavy (non-hydrogen) atoms. The van der Waals surface area contributed by atoms with Crippen molar-refractivity contribution in [3.63, 3.8) is 0 Å². The molecule has 0 saturated heterocycles. The number of anilines is 4. The van der Waals surface area contributed by atoms with E-state index in [1.54, 1.807) is 56.3 Å². The molecule has 7 nitrogen and oxygen atoms in total. The van der Waals surface area contributed by atoms with Gasteiger partial charge in [0.1, 0.15) is 4.90 Å². The highest BCUT2D eigenvalue weighted by Crippen LogP contribution is 2.40. The van der Waals surface area contributed by atoms with Gasteiger partial charge in [-0.2, -0.15) is 8.42 Å². The lowest BCUT2D eigenvalue weighted by Crippen LogP contribution is -2.23. The Balaban J connectivity index is 1.66. The maximum Gasteiger partial charge on any atom is 0.295 e. The summed E-state index contributed by atoms with van der Waals surface area (Å²) in [4.78, 5) is 27.8. The molecule has 0 radical (unpaired) electrons. The number of hydrogen-bond acceptors (Lipinski definition) is 6. The van der Waals surface area contributed by atoms with Gasteiger partial charge >= 0.3 is 0 Å². The zero-order valence-corrected chi connectivity index (χ0v) is 24.9. The van der Waals surface area contributed by atoms with Crippen molar-refractivity contribution in [1.82, 2.24) is 0 Å². The minimum absolute atomic E-state index is 0.186. The van der Waals surface area contributed by atoms with Gasteiger partial charge in [-0.1, -0.05) is 36.4 Å². The van der Waals surface area contributed by atoms with Crippen LogP contribution in [0.4, 0.5) is 22.7 Å². The molecule has 0 bridgehead atoms. The first-order valence-corrected chi connectivity index (χ1v) is 14.7. The van der Waals surface area contributed by atoms with E-state index in [1.807, 2.05) is 20.8 Å². The molecule has 0 unspecified atom stereocenters. The van der Waals surface area contributed by atoms with Gasteiger partial charge in [-0.25, -0.2) is 0 Å². The number of benzene rings is 4. The third-order valence-electron chi connectivity index (χ3n) is 8.11. The summed E-state index contributed by atoms with van der Waals surface area (Å²) >= 11 is 0. The molecule has 210 valence electrons. The quantitative estimate of drug-likeness (QED) is 0.190. The number of rotatable bonds is 5. The maximum atomic E-state index is 14.2. The normalized spacial score (nSPS) is 12.7. The van der Waals surface area contributed by atoms with E-state index >= 15 is 0 Å². The van der Waals surface area contributed by atoms with Crippen LogP contribution in [0, 0.1) is 48.5 Å². The molecule has 1 aliphatic rings. The number of ketones is 2. The average Bonchev–Trinajstić information content (AvgIpc) is 2.89. The minimum Gasteiger partial charge on any atom is -0.354 e. The second-order valence-electron chi connectivity index (χ2n) is 10.8. The Labute approximate surface area is 240 Å². The van der Waals surface area contributed by atoms with Crippen molar-refractivity contribution in [2.24, 2.45) is 0 Å². The number of carbonyl (C=O) groups is 2. The van der Waals surface area contributed by atoms with Gasteiger partial charge in [0.15, 0.2) is 11.6 Å². The van der Waals surface area contributed by atoms with E-state index in [2.05, 4.69) is 30.5 Å². The summed E-state index contributed by atoms with van der Waals surface area (Å²) in [6, 6.07) is 14.0. The first-order chi connectivity index (χ1) is 19.2. The van der Waals surface area contributed by atoms with Gasteiger partial charge in [0.2, 0.25) is 0 Å². The Kier molecular flexibility index (Phi) is 6.88. The predicted molar refractivity (Wildman–Crippen MR) is 162 cm³/mol. The van der Waals surface area contributed by atoms with Crippen molar-refractivity contribution < 1.29 is 22.6 Å². The first kappa shape index (κ1) is 28.3. The molecule has 0 amide bonds. The van der Waals surface area contributed by atoms with E-state index in [4.69, 9.17) is 0 Å². The van der Waals surface area contributed by atoms with E-state index in [0.717, 1.165) is 27.9 Å². The Morgan fingerprint density at radius 3 is 1.54 bits per heavy atom. The Morgan fingerprint density at radius 2 is 1.05 bits per heavy atom. The van der Waals surface area contributed by atoms with Crippen molar-refractivity contribution >= 4 is 44.4 Å². The lowest BCUT2D eigenvalue weighted by molar-refractivity contribution is 0.0980. The van der Waals surface area contributed by atoms with Crippen molar-refractivity contribution in [1.29, 1.82) is 0 Å². The van der Waals surface area contributed by atoms with Gasteiger partial charge in [0.05, 0.1) is 22.5 Å². The van der Waals surface area contributed by atoms with Crippen LogP contribution in [-0.4, -0.2) is 24.5 Å². The van der Waals surface area contributed by atoms with Crippen LogP contribution in [0.5, 0.6) is 0 Å². The summed E-state index contributed by atoms with van der Waals surface area (Å²) < 4.78 is 34.2. The van der Waals surface area contributed by atoms with Crippen molar-refractivity contribution in [3.05, 3.63) is 110 Å². The smallest absolute Gasteiger partial charge is 0.295 e. The Hall–Kier alpha value is -4.27. The van der Waals surface area contributed by atoms with Gasteiger partial charge in [-0.3, -0.25) is 14.1 Å². The highest BCUT2D eigenvalue weighted by Gasteiger charge is 2.34. The number of hydrogen-bond donors (Lipinski definition) is 3. The summed E-state index contributed by atoms with van der Waals surface area (Å²) in [5.74, 6) is -0.594. The van der Waals surface area contributed by atoms with Crippen LogP contribution in [0.25, 0.3) is 0 Å². The molecule has 0 atom stereocenters.